The largest absolute Gasteiger partial charge is 0.494 e. The number of aliphatic imine (C=N–C) groups is 1. The van der Waals surface area contributed by atoms with Gasteiger partial charge < -0.3 is 10.4 Å². The van der Waals surface area contributed by atoms with Crippen molar-refractivity contribution in [3.63, 3.8) is 0 Å². The molecule has 0 aliphatic heterocycles. The van der Waals surface area contributed by atoms with Gasteiger partial charge in [0.05, 0.1) is 0 Å². The maximum atomic E-state index is 11.4. The van der Waals surface area contributed by atoms with Crippen molar-refractivity contribution in [2.24, 2.45) is 4.99 Å². The number of aromatic nitrogens is 2. The van der Waals surface area contributed by atoms with Crippen LogP contribution in [-0.4, -0.2) is 26.4 Å². The Labute approximate surface area is 118 Å². The first-order chi connectivity index (χ1) is 9.56. The molecule has 8 heteroatoms. The Morgan fingerprint density at radius 2 is 1.95 bits per heavy atom. The molecular weight excluding hydrogens is 280 g/mol. The van der Waals surface area contributed by atoms with E-state index in [0.717, 1.165) is 11.9 Å². The van der Waals surface area contributed by atoms with Crippen LogP contribution in [0.3, 0.4) is 0 Å². The summed E-state index contributed by atoms with van der Waals surface area (Å²) in [5.41, 5.74) is -0.983. The maximum absolute atomic E-state index is 11.4. The molecule has 2 aromatic rings. The number of hydrogen-bond donors (Lipinski definition) is 4. The second-order valence-corrected chi connectivity index (χ2v) is 4.11. The van der Waals surface area contributed by atoms with Crippen LogP contribution in [0.15, 0.2) is 44.9 Å². The third-order valence-electron chi connectivity index (χ3n) is 2.29. The van der Waals surface area contributed by atoms with E-state index >= 15 is 0 Å². The molecule has 0 bridgehead atoms. The number of aromatic hydroxyl groups is 1. The topological polar surface area (TPSA) is 110 Å². The van der Waals surface area contributed by atoms with Gasteiger partial charge in [0.2, 0.25) is 5.88 Å². The van der Waals surface area contributed by atoms with E-state index in [4.69, 9.17) is 12.2 Å². The highest BCUT2D eigenvalue weighted by molar-refractivity contribution is 7.80. The van der Waals surface area contributed by atoms with Gasteiger partial charge in [0.15, 0.2) is 5.11 Å². The number of H-pyrrole nitrogens is 2. The summed E-state index contributed by atoms with van der Waals surface area (Å²) in [4.78, 5) is 30.2. The maximum Gasteiger partial charge on any atom is 0.328 e. The monoisotopic (exact) mass is 290 g/mol. The standard InChI is InChI=1S/C12H10N4O3S/c17-9-8(10(18)16-11(19)15-9)6-13-12(20)14-7-4-2-1-3-5-7/h1-6H,(H,14,20)(H3,15,16,17,18,19)/b13-6+. The van der Waals surface area contributed by atoms with E-state index in [1.165, 1.54) is 0 Å². The summed E-state index contributed by atoms with van der Waals surface area (Å²) in [6.45, 7) is 0. The Balaban J connectivity index is 2.16. The Kier molecular flexibility index (Phi) is 4.06. The minimum atomic E-state index is -0.797. The molecule has 1 heterocycles. The van der Waals surface area contributed by atoms with Gasteiger partial charge in [0, 0.05) is 11.9 Å². The Bertz CT molecular complexity index is 764. The van der Waals surface area contributed by atoms with Crippen molar-refractivity contribution >= 4 is 29.2 Å². The molecule has 102 valence electrons. The fourth-order valence-electron chi connectivity index (χ4n) is 1.40. The Morgan fingerprint density at radius 3 is 2.60 bits per heavy atom. The average Bonchev–Trinajstić information content (AvgIpc) is 2.38. The lowest BCUT2D eigenvalue weighted by atomic mass is 10.3. The van der Waals surface area contributed by atoms with Crippen LogP contribution in [0.2, 0.25) is 0 Å². The molecule has 2 rings (SSSR count). The molecule has 0 radical (unpaired) electrons. The fourth-order valence-corrected chi connectivity index (χ4v) is 1.57. The molecule has 1 aromatic heterocycles. The van der Waals surface area contributed by atoms with E-state index in [2.05, 4.69) is 10.3 Å². The van der Waals surface area contributed by atoms with Gasteiger partial charge >= 0.3 is 5.69 Å². The Hall–Kier alpha value is -2.74. The minimum Gasteiger partial charge on any atom is -0.494 e. The first-order valence-corrected chi connectivity index (χ1v) is 5.93. The molecule has 0 aliphatic rings. The molecule has 20 heavy (non-hydrogen) atoms. The first kappa shape index (κ1) is 13.7. The first-order valence-electron chi connectivity index (χ1n) is 5.52. The molecule has 4 N–H and O–H groups in total. The number of anilines is 1. The van der Waals surface area contributed by atoms with Crippen molar-refractivity contribution in [3.05, 3.63) is 56.7 Å². The minimum absolute atomic E-state index is 0.112. The van der Waals surface area contributed by atoms with Gasteiger partial charge in [-0.15, -0.1) is 0 Å². The second kappa shape index (κ2) is 5.93. The van der Waals surface area contributed by atoms with Crippen LogP contribution in [0.1, 0.15) is 5.56 Å². The number of thiocarbonyl (C=S) groups is 1. The number of nitrogens with one attached hydrogen (secondary N) is 3. The molecule has 1 aromatic carbocycles. The predicted molar refractivity (Wildman–Crippen MR) is 79.6 cm³/mol. The van der Waals surface area contributed by atoms with Crippen LogP contribution in [0.5, 0.6) is 5.88 Å². The summed E-state index contributed by atoms with van der Waals surface area (Å²) < 4.78 is 0. The zero-order valence-electron chi connectivity index (χ0n) is 10.1. The molecule has 0 unspecified atom stereocenters. The third kappa shape index (κ3) is 3.39. The molecule has 0 atom stereocenters. The summed E-state index contributed by atoms with van der Waals surface area (Å²) in [5.74, 6) is -0.565. The molecule has 0 amide bonds. The summed E-state index contributed by atoms with van der Waals surface area (Å²) in [6.07, 6.45) is 1.07. The summed E-state index contributed by atoms with van der Waals surface area (Å²) in [6, 6.07) is 9.11. The zero-order chi connectivity index (χ0) is 14.5. The van der Waals surface area contributed by atoms with E-state index < -0.39 is 17.1 Å². The number of para-hydroxylation sites is 1. The smallest absolute Gasteiger partial charge is 0.328 e. The van der Waals surface area contributed by atoms with E-state index in [0.29, 0.717) is 0 Å². The van der Waals surface area contributed by atoms with E-state index in [9.17, 15) is 14.7 Å². The highest BCUT2D eigenvalue weighted by Gasteiger charge is 2.05. The van der Waals surface area contributed by atoms with Gasteiger partial charge in [-0.25, -0.2) is 9.79 Å². The normalized spacial score (nSPS) is 10.6. The van der Waals surface area contributed by atoms with Gasteiger partial charge in [-0.1, -0.05) is 18.2 Å². The van der Waals surface area contributed by atoms with Crippen LogP contribution in [0.4, 0.5) is 5.69 Å². The van der Waals surface area contributed by atoms with Crippen molar-refractivity contribution in [2.45, 2.75) is 0 Å². The molecule has 7 nitrogen and oxygen atoms in total. The van der Waals surface area contributed by atoms with Crippen molar-refractivity contribution in [1.82, 2.24) is 9.97 Å². The van der Waals surface area contributed by atoms with E-state index in [1.54, 1.807) is 12.1 Å². The van der Waals surface area contributed by atoms with Gasteiger partial charge in [-0.3, -0.25) is 14.8 Å². The molecule has 0 saturated heterocycles. The second-order valence-electron chi connectivity index (χ2n) is 3.72. The summed E-state index contributed by atoms with van der Waals surface area (Å²) in [5, 5.41) is 12.4. The molecule has 0 saturated carbocycles. The number of aromatic amines is 2. The lowest BCUT2D eigenvalue weighted by Gasteiger charge is -2.02. The van der Waals surface area contributed by atoms with Gasteiger partial charge in [-0.2, -0.15) is 0 Å². The number of nitrogens with zero attached hydrogens (tertiary/aromatic N) is 1. The van der Waals surface area contributed by atoms with Gasteiger partial charge in [0.1, 0.15) is 5.56 Å². The SMILES string of the molecule is O=c1[nH]c(O)c(/C=N/C(=S)Nc2ccccc2)c(=O)[nH]1. The summed E-state index contributed by atoms with van der Waals surface area (Å²) in [7, 11) is 0. The highest BCUT2D eigenvalue weighted by atomic mass is 32.1. The average molecular weight is 290 g/mol. The zero-order valence-corrected chi connectivity index (χ0v) is 10.9. The molecular formula is C12H10N4O3S. The number of hydrogen-bond acceptors (Lipinski definition) is 4. The number of benzene rings is 1. The third-order valence-corrected chi connectivity index (χ3v) is 2.50. The molecule has 0 aliphatic carbocycles. The number of rotatable bonds is 2. The van der Waals surface area contributed by atoms with Crippen molar-refractivity contribution < 1.29 is 5.11 Å². The van der Waals surface area contributed by atoms with Crippen LogP contribution < -0.4 is 16.6 Å². The van der Waals surface area contributed by atoms with E-state index in [1.807, 2.05) is 28.2 Å². The molecule has 0 fully saturated rings. The van der Waals surface area contributed by atoms with Gasteiger partial charge in [-0.05, 0) is 24.4 Å². The highest BCUT2D eigenvalue weighted by Crippen LogP contribution is 2.06. The van der Waals surface area contributed by atoms with Crippen molar-refractivity contribution in [1.29, 1.82) is 0 Å². The lowest BCUT2D eigenvalue weighted by Crippen LogP contribution is -2.25. The van der Waals surface area contributed by atoms with Crippen LogP contribution in [0, 0.1) is 0 Å². The van der Waals surface area contributed by atoms with Crippen LogP contribution in [-0.2, 0) is 0 Å². The quantitative estimate of drug-likeness (QED) is 0.478. The lowest BCUT2D eigenvalue weighted by molar-refractivity contribution is 0.447. The van der Waals surface area contributed by atoms with Crippen LogP contribution >= 0.6 is 12.2 Å². The van der Waals surface area contributed by atoms with Gasteiger partial charge in [0.25, 0.3) is 5.56 Å². The fraction of sp³-hybridized carbons (Fsp3) is 0. The van der Waals surface area contributed by atoms with E-state index in [-0.39, 0.29) is 10.7 Å². The predicted octanol–water partition coefficient (Wildman–Crippen LogP) is 0.585. The molecule has 0 spiro atoms. The summed E-state index contributed by atoms with van der Waals surface area (Å²) >= 11 is 4.97. The Morgan fingerprint density at radius 1 is 1.25 bits per heavy atom. The van der Waals surface area contributed by atoms with Crippen molar-refractivity contribution in [2.75, 3.05) is 5.32 Å². The van der Waals surface area contributed by atoms with Crippen LogP contribution in [0.25, 0.3) is 0 Å². The van der Waals surface area contributed by atoms with Crippen molar-refractivity contribution in [3.8, 4) is 5.88 Å².